The van der Waals surface area contributed by atoms with Crippen LogP contribution in [0.2, 0.25) is 5.02 Å². The Labute approximate surface area is 143 Å². The molecule has 23 heavy (non-hydrogen) atoms. The van der Waals surface area contributed by atoms with E-state index in [2.05, 4.69) is 5.32 Å². The number of nitrogens with one attached hydrogen (secondary N) is 1. The fourth-order valence-corrected chi connectivity index (χ4v) is 2.81. The Kier molecular flexibility index (Phi) is 6.43. The number of thioether (sulfide) groups is 1. The summed E-state index contributed by atoms with van der Waals surface area (Å²) in [5.74, 6) is 0.780. The maximum absolute atomic E-state index is 11.8. The average Bonchev–Trinajstić information content (AvgIpc) is 2.54. The van der Waals surface area contributed by atoms with Gasteiger partial charge in [0.05, 0.1) is 10.7 Å². The third-order valence-electron chi connectivity index (χ3n) is 3.03. The molecule has 0 aliphatic carbocycles. The van der Waals surface area contributed by atoms with E-state index in [-0.39, 0.29) is 11.6 Å². The van der Waals surface area contributed by atoms with Gasteiger partial charge in [-0.25, -0.2) is 0 Å². The molecule has 5 nitrogen and oxygen atoms in total. The molecule has 0 saturated heterocycles. The van der Waals surface area contributed by atoms with Crippen LogP contribution in [0.5, 0.6) is 0 Å². The molecule has 0 aliphatic rings. The van der Waals surface area contributed by atoms with E-state index in [4.69, 9.17) is 11.6 Å². The normalized spacial score (nSPS) is 10.3. The molecule has 0 atom stereocenters. The lowest BCUT2D eigenvalue weighted by atomic mass is 10.2. The van der Waals surface area contributed by atoms with Crippen molar-refractivity contribution in [3.63, 3.8) is 0 Å². The number of hydrogen-bond donors (Lipinski definition) is 1. The summed E-state index contributed by atoms with van der Waals surface area (Å²) in [6.45, 7) is 0.452. The van der Waals surface area contributed by atoms with Crippen LogP contribution < -0.4 is 5.32 Å². The summed E-state index contributed by atoms with van der Waals surface area (Å²) < 4.78 is 0. The van der Waals surface area contributed by atoms with Crippen LogP contribution in [0.15, 0.2) is 48.5 Å². The maximum atomic E-state index is 11.8. The Hall–Kier alpha value is -2.05. The second kappa shape index (κ2) is 8.55. The summed E-state index contributed by atoms with van der Waals surface area (Å²) in [6.07, 6.45) is 0. The van der Waals surface area contributed by atoms with E-state index in [0.717, 1.165) is 11.1 Å². The van der Waals surface area contributed by atoms with Crippen molar-refractivity contribution >= 4 is 35.0 Å². The van der Waals surface area contributed by atoms with Crippen molar-refractivity contribution in [1.82, 2.24) is 5.32 Å². The minimum Gasteiger partial charge on any atom is -0.351 e. The third-order valence-corrected chi connectivity index (χ3v) is 4.28. The molecule has 0 bridgehead atoms. The van der Waals surface area contributed by atoms with Crippen LogP contribution in [0.3, 0.4) is 0 Å². The Morgan fingerprint density at radius 2 is 1.91 bits per heavy atom. The van der Waals surface area contributed by atoms with Crippen molar-refractivity contribution < 1.29 is 9.72 Å². The molecule has 2 aromatic carbocycles. The summed E-state index contributed by atoms with van der Waals surface area (Å²) in [6, 6.07) is 13.7. The quantitative estimate of drug-likeness (QED) is 0.609. The highest BCUT2D eigenvalue weighted by molar-refractivity contribution is 7.99. The lowest BCUT2D eigenvalue weighted by Gasteiger charge is -2.06. The number of benzene rings is 2. The molecule has 0 aromatic heterocycles. The summed E-state index contributed by atoms with van der Waals surface area (Å²) >= 11 is 7.22. The molecule has 7 heteroatoms. The molecule has 2 rings (SSSR count). The number of amides is 1. The van der Waals surface area contributed by atoms with E-state index < -0.39 is 4.92 Å². The van der Waals surface area contributed by atoms with Crippen LogP contribution in [0.4, 0.5) is 5.69 Å². The first kappa shape index (κ1) is 17.3. The Morgan fingerprint density at radius 1 is 1.17 bits per heavy atom. The largest absolute Gasteiger partial charge is 0.351 e. The highest BCUT2D eigenvalue weighted by atomic mass is 35.5. The Balaban J connectivity index is 1.73. The zero-order valence-corrected chi connectivity index (χ0v) is 13.8. The summed E-state index contributed by atoms with van der Waals surface area (Å²) in [7, 11) is 0. The molecule has 120 valence electrons. The number of hydrogen-bond acceptors (Lipinski definition) is 4. The summed E-state index contributed by atoms with van der Waals surface area (Å²) in [5.41, 5.74) is 1.87. The van der Waals surface area contributed by atoms with E-state index in [0.29, 0.717) is 23.1 Å². The average molecular weight is 351 g/mol. The van der Waals surface area contributed by atoms with Crippen molar-refractivity contribution in [2.75, 3.05) is 5.75 Å². The van der Waals surface area contributed by atoms with E-state index in [1.165, 1.54) is 23.9 Å². The fourth-order valence-electron chi connectivity index (χ4n) is 1.88. The number of carbonyl (C=O) groups excluding carboxylic acids is 1. The first-order valence-corrected chi connectivity index (χ1v) is 8.40. The van der Waals surface area contributed by atoms with Gasteiger partial charge in [0.15, 0.2) is 0 Å². The van der Waals surface area contributed by atoms with E-state index >= 15 is 0 Å². The zero-order chi connectivity index (χ0) is 16.7. The summed E-state index contributed by atoms with van der Waals surface area (Å²) in [4.78, 5) is 22.1. The van der Waals surface area contributed by atoms with Crippen LogP contribution in [0.1, 0.15) is 11.1 Å². The highest BCUT2D eigenvalue weighted by Gasteiger charge is 2.07. The lowest BCUT2D eigenvalue weighted by Crippen LogP contribution is -2.24. The Morgan fingerprint density at radius 3 is 2.61 bits per heavy atom. The number of nitro groups is 1. The smallest absolute Gasteiger partial charge is 0.269 e. The predicted molar refractivity (Wildman–Crippen MR) is 92.6 cm³/mol. The second-order valence-electron chi connectivity index (χ2n) is 4.82. The number of carbonyl (C=O) groups is 1. The molecule has 0 aliphatic heterocycles. The van der Waals surface area contributed by atoms with E-state index in [1.54, 1.807) is 18.2 Å². The van der Waals surface area contributed by atoms with Crippen molar-refractivity contribution in [2.24, 2.45) is 0 Å². The minimum absolute atomic E-state index is 0.0651. The molecular weight excluding hydrogens is 336 g/mol. The molecule has 2 aromatic rings. The van der Waals surface area contributed by atoms with Crippen LogP contribution in [0.25, 0.3) is 0 Å². The molecule has 0 radical (unpaired) electrons. The number of non-ortho nitro benzene ring substituents is 1. The number of rotatable bonds is 7. The van der Waals surface area contributed by atoms with Gasteiger partial charge in [-0.1, -0.05) is 35.9 Å². The van der Waals surface area contributed by atoms with Gasteiger partial charge in [0.25, 0.3) is 5.69 Å². The third kappa shape index (κ3) is 5.92. The minimum atomic E-state index is -0.424. The Bertz CT molecular complexity index is 692. The van der Waals surface area contributed by atoms with E-state index in [9.17, 15) is 14.9 Å². The maximum Gasteiger partial charge on any atom is 0.269 e. The summed E-state index contributed by atoms with van der Waals surface area (Å²) in [5, 5.41) is 14.2. The molecule has 0 fully saturated rings. The van der Waals surface area contributed by atoms with Gasteiger partial charge in [-0.15, -0.1) is 11.8 Å². The molecule has 0 unspecified atom stereocenters. The number of nitro benzene ring substituents is 1. The van der Waals surface area contributed by atoms with Gasteiger partial charge in [0.2, 0.25) is 5.91 Å². The monoisotopic (exact) mass is 350 g/mol. The van der Waals surface area contributed by atoms with Crippen molar-refractivity contribution in [3.8, 4) is 0 Å². The van der Waals surface area contributed by atoms with Crippen molar-refractivity contribution in [2.45, 2.75) is 12.3 Å². The van der Waals surface area contributed by atoms with Gasteiger partial charge >= 0.3 is 0 Å². The van der Waals surface area contributed by atoms with Gasteiger partial charge in [-0.2, -0.15) is 0 Å². The number of halogens is 1. The molecule has 0 spiro atoms. The first-order chi connectivity index (χ1) is 11.0. The molecule has 0 heterocycles. The van der Waals surface area contributed by atoms with Gasteiger partial charge in [-0.3, -0.25) is 14.9 Å². The fraction of sp³-hybridized carbons (Fsp3) is 0.188. The van der Waals surface area contributed by atoms with E-state index in [1.807, 2.05) is 18.2 Å². The van der Waals surface area contributed by atoms with Crippen LogP contribution in [-0.4, -0.2) is 16.6 Å². The standard InChI is InChI=1S/C16H15ClN2O3S/c17-14-6-4-12(5-7-14)9-18-16(20)11-23-10-13-2-1-3-15(8-13)19(21)22/h1-8H,9-11H2,(H,18,20). The van der Waals surface area contributed by atoms with Crippen molar-refractivity contribution in [3.05, 3.63) is 74.8 Å². The van der Waals surface area contributed by atoms with Crippen LogP contribution >= 0.6 is 23.4 Å². The van der Waals surface area contributed by atoms with Crippen LogP contribution in [-0.2, 0) is 17.1 Å². The predicted octanol–water partition coefficient (Wildman–Crippen LogP) is 3.80. The topological polar surface area (TPSA) is 72.2 Å². The van der Waals surface area contributed by atoms with Gasteiger partial charge in [0, 0.05) is 29.5 Å². The zero-order valence-electron chi connectivity index (χ0n) is 12.2. The number of nitrogens with zero attached hydrogens (tertiary/aromatic N) is 1. The van der Waals surface area contributed by atoms with Crippen LogP contribution in [0, 0.1) is 10.1 Å². The first-order valence-electron chi connectivity index (χ1n) is 6.87. The highest BCUT2D eigenvalue weighted by Crippen LogP contribution is 2.18. The lowest BCUT2D eigenvalue weighted by molar-refractivity contribution is -0.384. The molecule has 1 N–H and O–H groups in total. The van der Waals surface area contributed by atoms with Crippen molar-refractivity contribution in [1.29, 1.82) is 0 Å². The molecule has 0 saturated carbocycles. The SMILES string of the molecule is O=C(CSCc1cccc([N+](=O)[O-])c1)NCc1ccc(Cl)cc1. The molecule has 1 amide bonds. The van der Waals surface area contributed by atoms with Gasteiger partial charge in [0.1, 0.15) is 0 Å². The second-order valence-corrected chi connectivity index (χ2v) is 6.25. The van der Waals surface area contributed by atoms with Gasteiger partial charge < -0.3 is 5.32 Å². The molecular formula is C16H15ClN2O3S. The van der Waals surface area contributed by atoms with Gasteiger partial charge in [-0.05, 0) is 23.3 Å².